The fraction of sp³-hybridized carbons (Fsp3) is 0.500. The minimum Gasteiger partial charge on any atom is -0.480 e. The Bertz CT molecular complexity index is 623. The minimum atomic E-state index is -1.30. The van der Waals surface area contributed by atoms with Crippen molar-refractivity contribution in [3.63, 3.8) is 0 Å². The van der Waals surface area contributed by atoms with Crippen molar-refractivity contribution in [1.29, 1.82) is 0 Å². The van der Waals surface area contributed by atoms with Crippen LogP contribution in [0.4, 0.5) is 5.69 Å². The van der Waals surface area contributed by atoms with E-state index in [9.17, 15) is 24.8 Å². The Labute approximate surface area is 126 Å². The van der Waals surface area contributed by atoms with Crippen LogP contribution in [0.1, 0.15) is 48.2 Å². The number of carboxylic acid groups (broad SMARTS) is 1. The number of aromatic nitrogens is 1. The molecule has 1 aliphatic carbocycles. The van der Waals surface area contributed by atoms with Crippen LogP contribution in [0.5, 0.6) is 0 Å². The lowest BCUT2D eigenvalue weighted by atomic mass is 9.81. The van der Waals surface area contributed by atoms with Gasteiger partial charge >= 0.3 is 5.97 Å². The summed E-state index contributed by atoms with van der Waals surface area (Å²) in [4.78, 5) is 37.9. The summed E-state index contributed by atoms with van der Waals surface area (Å²) in [5.41, 5.74) is -1.25. The third kappa shape index (κ3) is 3.05. The summed E-state index contributed by atoms with van der Waals surface area (Å²) >= 11 is 0. The summed E-state index contributed by atoms with van der Waals surface area (Å²) in [6.07, 6.45) is 4.16. The van der Waals surface area contributed by atoms with Crippen LogP contribution in [0.25, 0.3) is 0 Å². The van der Waals surface area contributed by atoms with Gasteiger partial charge in [-0.2, -0.15) is 0 Å². The maximum atomic E-state index is 12.4. The number of carboxylic acids is 1. The zero-order chi connectivity index (χ0) is 16.3. The number of carbonyl (C=O) groups is 2. The highest BCUT2D eigenvalue weighted by Crippen LogP contribution is 2.29. The highest BCUT2D eigenvalue weighted by atomic mass is 16.6. The molecule has 0 aliphatic heterocycles. The third-order valence-corrected chi connectivity index (χ3v) is 4.00. The molecule has 0 bridgehead atoms. The van der Waals surface area contributed by atoms with Gasteiger partial charge in [-0.05, 0) is 19.8 Å². The third-order valence-electron chi connectivity index (χ3n) is 4.00. The van der Waals surface area contributed by atoms with Gasteiger partial charge in [-0.15, -0.1) is 0 Å². The number of pyridine rings is 1. The van der Waals surface area contributed by atoms with Crippen LogP contribution in [0, 0.1) is 17.0 Å². The van der Waals surface area contributed by atoms with E-state index in [2.05, 4.69) is 10.3 Å². The Kier molecular flexibility index (Phi) is 4.39. The lowest BCUT2D eigenvalue weighted by molar-refractivity contribution is -0.385. The predicted octanol–water partition coefficient (Wildman–Crippen LogP) is 1.82. The zero-order valence-corrected chi connectivity index (χ0v) is 12.2. The van der Waals surface area contributed by atoms with Crippen molar-refractivity contribution < 1.29 is 19.6 Å². The van der Waals surface area contributed by atoms with Gasteiger partial charge in [0.05, 0.1) is 16.2 Å². The molecule has 8 nitrogen and oxygen atoms in total. The molecule has 0 spiro atoms. The van der Waals surface area contributed by atoms with Crippen molar-refractivity contribution in [2.75, 3.05) is 0 Å². The number of nitro groups is 1. The number of hydrogen-bond donors (Lipinski definition) is 2. The Hall–Kier alpha value is -2.51. The Morgan fingerprint density at radius 1 is 1.36 bits per heavy atom. The van der Waals surface area contributed by atoms with E-state index in [1.807, 2.05) is 0 Å². The zero-order valence-electron chi connectivity index (χ0n) is 12.2. The molecule has 1 aromatic rings. The van der Waals surface area contributed by atoms with Gasteiger partial charge in [0, 0.05) is 6.07 Å². The van der Waals surface area contributed by atoms with Gasteiger partial charge in [-0.1, -0.05) is 19.3 Å². The molecule has 22 heavy (non-hydrogen) atoms. The number of hydrogen-bond acceptors (Lipinski definition) is 5. The smallest absolute Gasteiger partial charge is 0.329 e. The van der Waals surface area contributed by atoms with Crippen LogP contribution >= 0.6 is 0 Å². The van der Waals surface area contributed by atoms with Crippen LogP contribution in [0.2, 0.25) is 0 Å². The van der Waals surface area contributed by atoms with E-state index in [4.69, 9.17) is 0 Å². The van der Waals surface area contributed by atoms with Crippen molar-refractivity contribution in [1.82, 2.24) is 10.3 Å². The number of rotatable bonds is 4. The van der Waals surface area contributed by atoms with Crippen molar-refractivity contribution in [2.45, 2.75) is 44.6 Å². The summed E-state index contributed by atoms with van der Waals surface area (Å²) in [7, 11) is 0. The van der Waals surface area contributed by atoms with Crippen molar-refractivity contribution >= 4 is 17.6 Å². The highest BCUT2D eigenvalue weighted by Gasteiger charge is 2.41. The molecule has 1 aliphatic rings. The van der Waals surface area contributed by atoms with Crippen molar-refractivity contribution in [3.8, 4) is 0 Å². The molecule has 0 aromatic carbocycles. The first kappa shape index (κ1) is 15.9. The van der Waals surface area contributed by atoms with Gasteiger partial charge in [0.15, 0.2) is 0 Å². The molecule has 118 valence electrons. The van der Waals surface area contributed by atoms with E-state index in [0.717, 1.165) is 31.5 Å². The van der Waals surface area contributed by atoms with Crippen LogP contribution in [0.15, 0.2) is 12.3 Å². The van der Waals surface area contributed by atoms with Crippen molar-refractivity contribution in [2.24, 2.45) is 0 Å². The van der Waals surface area contributed by atoms with Gasteiger partial charge in [0.2, 0.25) is 0 Å². The van der Waals surface area contributed by atoms with Crippen LogP contribution < -0.4 is 5.32 Å². The molecule has 1 aromatic heterocycles. The monoisotopic (exact) mass is 307 g/mol. The van der Waals surface area contributed by atoms with Crippen LogP contribution in [-0.4, -0.2) is 32.4 Å². The van der Waals surface area contributed by atoms with E-state index < -0.39 is 22.3 Å². The molecule has 1 saturated carbocycles. The molecule has 1 amide bonds. The minimum absolute atomic E-state index is 0.0281. The molecule has 1 fully saturated rings. The van der Waals surface area contributed by atoms with Crippen LogP contribution in [0.3, 0.4) is 0 Å². The second-order valence-electron chi connectivity index (χ2n) is 5.49. The average molecular weight is 307 g/mol. The average Bonchev–Trinajstić information content (AvgIpc) is 2.48. The first-order chi connectivity index (χ1) is 10.4. The molecule has 8 heteroatoms. The first-order valence-corrected chi connectivity index (χ1v) is 7.03. The number of carbonyl (C=O) groups excluding carboxylic acids is 1. The molecule has 0 saturated heterocycles. The summed E-state index contributed by atoms with van der Waals surface area (Å²) in [5, 5.41) is 22.8. The predicted molar refractivity (Wildman–Crippen MR) is 76.5 cm³/mol. The molecule has 0 radical (unpaired) electrons. The second kappa shape index (κ2) is 6.08. The summed E-state index contributed by atoms with van der Waals surface area (Å²) in [6, 6.07) is 1.12. The molecule has 2 rings (SSSR count). The fourth-order valence-electron chi connectivity index (χ4n) is 2.68. The van der Waals surface area contributed by atoms with Gasteiger partial charge < -0.3 is 10.4 Å². The highest BCUT2D eigenvalue weighted by molar-refractivity contribution is 5.99. The van der Waals surface area contributed by atoms with E-state index in [1.54, 1.807) is 6.92 Å². The molecule has 1 heterocycles. The molecule has 0 unspecified atom stereocenters. The maximum Gasteiger partial charge on any atom is 0.329 e. The topological polar surface area (TPSA) is 122 Å². The Balaban J connectivity index is 2.29. The Morgan fingerprint density at radius 2 is 2.00 bits per heavy atom. The quantitative estimate of drug-likeness (QED) is 0.646. The number of amides is 1. The van der Waals surface area contributed by atoms with Crippen LogP contribution in [-0.2, 0) is 4.79 Å². The van der Waals surface area contributed by atoms with E-state index >= 15 is 0 Å². The Morgan fingerprint density at radius 3 is 2.55 bits per heavy atom. The molecular weight excluding hydrogens is 290 g/mol. The lowest BCUT2D eigenvalue weighted by Crippen LogP contribution is -2.55. The maximum absolute atomic E-state index is 12.4. The number of aliphatic carboxylic acids is 1. The number of aryl methyl sites for hydroxylation is 1. The number of nitrogens with one attached hydrogen (secondary N) is 1. The van der Waals surface area contributed by atoms with Gasteiger partial charge in [0.1, 0.15) is 11.7 Å². The molecule has 2 N–H and O–H groups in total. The van der Waals surface area contributed by atoms with Gasteiger partial charge in [-0.25, -0.2) is 4.79 Å². The second-order valence-corrected chi connectivity index (χ2v) is 5.49. The number of nitrogens with zero attached hydrogens (tertiary/aromatic N) is 2. The lowest BCUT2D eigenvalue weighted by Gasteiger charge is -2.34. The first-order valence-electron chi connectivity index (χ1n) is 7.03. The summed E-state index contributed by atoms with van der Waals surface area (Å²) in [5.74, 6) is -1.71. The molecule has 0 atom stereocenters. The van der Waals surface area contributed by atoms with Crippen molar-refractivity contribution in [3.05, 3.63) is 33.6 Å². The fourth-order valence-corrected chi connectivity index (χ4v) is 2.68. The molecular formula is C14H17N3O5. The SMILES string of the molecule is Cc1ncc([N+](=O)[O-])cc1C(=O)NC1(C(=O)O)CCCCC1. The van der Waals surface area contributed by atoms with Gasteiger partial charge in [-0.3, -0.25) is 19.9 Å². The van der Waals surface area contributed by atoms with E-state index in [0.29, 0.717) is 18.5 Å². The summed E-state index contributed by atoms with van der Waals surface area (Å²) < 4.78 is 0. The standard InChI is InChI=1S/C14H17N3O5/c1-9-11(7-10(8-15-9)17(21)22)12(18)16-14(13(19)20)5-3-2-4-6-14/h7-8H,2-6H2,1H3,(H,16,18)(H,19,20). The summed E-state index contributed by atoms with van der Waals surface area (Å²) in [6.45, 7) is 1.55. The van der Waals surface area contributed by atoms with E-state index in [1.165, 1.54) is 0 Å². The van der Waals surface area contributed by atoms with Gasteiger partial charge in [0.25, 0.3) is 11.6 Å². The normalized spacial score (nSPS) is 16.8. The largest absolute Gasteiger partial charge is 0.480 e. The van der Waals surface area contributed by atoms with E-state index in [-0.39, 0.29) is 11.3 Å².